The smallest absolute Gasteiger partial charge is 0.273 e. The highest BCUT2D eigenvalue weighted by atomic mass is 79.9. The zero-order valence-electron chi connectivity index (χ0n) is 9.75. The zero-order chi connectivity index (χ0) is 13.3. The molecule has 0 aliphatic carbocycles. The topological polar surface area (TPSA) is 55.0 Å². The first-order valence-corrected chi connectivity index (χ1v) is 6.34. The molecule has 2 rings (SSSR count). The average Bonchev–Trinajstić information content (AvgIpc) is 2.32. The largest absolute Gasteiger partial charge is 0.437 e. The van der Waals surface area contributed by atoms with Crippen molar-refractivity contribution < 1.29 is 4.74 Å². The van der Waals surface area contributed by atoms with E-state index < -0.39 is 5.56 Å². The fourth-order valence-corrected chi connectivity index (χ4v) is 1.89. The van der Waals surface area contributed by atoms with Crippen molar-refractivity contribution in [3.8, 4) is 11.6 Å². The number of halogens is 2. The third kappa shape index (κ3) is 2.57. The standard InChI is InChI=1S/C12H10BrClN2O2/c1-6-3-8(4-7(2)9(6)13)18-12-10(14)11(17)15-5-16-12/h3-5H,1-2H3,(H,15,16,17). The van der Waals surface area contributed by atoms with Crippen LogP contribution in [0.5, 0.6) is 11.6 Å². The number of nitrogens with zero attached hydrogens (tertiary/aromatic N) is 1. The fraction of sp³-hybridized carbons (Fsp3) is 0.167. The average molecular weight is 330 g/mol. The molecule has 1 aromatic heterocycles. The predicted molar refractivity (Wildman–Crippen MR) is 73.6 cm³/mol. The maximum absolute atomic E-state index is 11.3. The molecule has 1 heterocycles. The molecule has 1 N–H and O–H groups in total. The number of ether oxygens (including phenoxy) is 1. The van der Waals surface area contributed by atoms with Crippen molar-refractivity contribution in [2.45, 2.75) is 13.8 Å². The number of hydrogen-bond donors (Lipinski definition) is 1. The molecule has 0 spiro atoms. The zero-order valence-corrected chi connectivity index (χ0v) is 12.1. The molecule has 0 saturated heterocycles. The Balaban J connectivity index is 2.40. The van der Waals surface area contributed by atoms with E-state index in [4.69, 9.17) is 16.3 Å². The normalized spacial score (nSPS) is 10.4. The molecule has 2 aromatic rings. The SMILES string of the molecule is Cc1cc(Oc2nc[nH]c(=O)c2Cl)cc(C)c1Br. The monoisotopic (exact) mass is 328 g/mol. The van der Waals surface area contributed by atoms with Gasteiger partial charge in [-0.2, -0.15) is 0 Å². The third-order valence-electron chi connectivity index (χ3n) is 2.39. The molecule has 0 amide bonds. The molecular weight excluding hydrogens is 320 g/mol. The lowest BCUT2D eigenvalue weighted by atomic mass is 10.1. The van der Waals surface area contributed by atoms with Crippen LogP contribution in [-0.2, 0) is 0 Å². The second-order valence-corrected chi connectivity index (χ2v) is 4.99. The van der Waals surface area contributed by atoms with E-state index in [9.17, 15) is 4.79 Å². The van der Waals surface area contributed by atoms with Crippen molar-refractivity contribution in [2.75, 3.05) is 0 Å². The van der Waals surface area contributed by atoms with Gasteiger partial charge in [0.2, 0.25) is 5.88 Å². The summed E-state index contributed by atoms with van der Waals surface area (Å²) < 4.78 is 6.55. The van der Waals surface area contributed by atoms with Gasteiger partial charge in [-0.05, 0) is 37.1 Å². The van der Waals surface area contributed by atoms with Crippen LogP contribution in [0.1, 0.15) is 11.1 Å². The van der Waals surface area contributed by atoms with Crippen LogP contribution in [0.3, 0.4) is 0 Å². The number of aromatic nitrogens is 2. The Hall–Kier alpha value is -1.33. The lowest BCUT2D eigenvalue weighted by Crippen LogP contribution is -2.07. The third-order valence-corrected chi connectivity index (χ3v) is 3.97. The van der Waals surface area contributed by atoms with Gasteiger partial charge in [-0.1, -0.05) is 27.5 Å². The van der Waals surface area contributed by atoms with Gasteiger partial charge in [0.15, 0.2) is 5.02 Å². The first kappa shape index (κ1) is 13.1. The Labute approximate surface area is 117 Å². The van der Waals surface area contributed by atoms with Crippen molar-refractivity contribution >= 4 is 27.5 Å². The first-order chi connectivity index (χ1) is 8.49. The van der Waals surface area contributed by atoms with Crippen molar-refractivity contribution in [1.29, 1.82) is 0 Å². The summed E-state index contributed by atoms with van der Waals surface area (Å²) in [7, 11) is 0. The molecule has 1 aromatic carbocycles. The van der Waals surface area contributed by atoms with Crippen molar-refractivity contribution in [1.82, 2.24) is 9.97 Å². The van der Waals surface area contributed by atoms with E-state index in [0.29, 0.717) is 5.75 Å². The summed E-state index contributed by atoms with van der Waals surface area (Å²) in [5.74, 6) is 0.690. The summed E-state index contributed by atoms with van der Waals surface area (Å²) in [6, 6.07) is 3.69. The molecule has 0 saturated carbocycles. The molecule has 0 radical (unpaired) electrons. The Morgan fingerprint density at radius 2 is 1.94 bits per heavy atom. The maximum atomic E-state index is 11.3. The summed E-state index contributed by atoms with van der Waals surface area (Å²) in [4.78, 5) is 17.6. The maximum Gasteiger partial charge on any atom is 0.273 e. The van der Waals surface area contributed by atoms with Gasteiger partial charge in [-0.3, -0.25) is 4.79 Å². The highest BCUT2D eigenvalue weighted by molar-refractivity contribution is 9.10. The van der Waals surface area contributed by atoms with E-state index in [-0.39, 0.29) is 10.9 Å². The van der Waals surface area contributed by atoms with Gasteiger partial charge in [0, 0.05) is 4.47 Å². The van der Waals surface area contributed by atoms with Crippen molar-refractivity contribution in [3.63, 3.8) is 0 Å². The van der Waals surface area contributed by atoms with E-state index in [1.807, 2.05) is 26.0 Å². The second kappa shape index (κ2) is 5.12. The molecule has 0 atom stereocenters. The highest BCUT2D eigenvalue weighted by Gasteiger charge is 2.10. The van der Waals surface area contributed by atoms with Crippen LogP contribution < -0.4 is 10.3 Å². The molecular formula is C12H10BrClN2O2. The highest BCUT2D eigenvalue weighted by Crippen LogP contribution is 2.30. The number of rotatable bonds is 2. The van der Waals surface area contributed by atoms with Gasteiger partial charge in [0.1, 0.15) is 5.75 Å². The molecule has 0 aliphatic rings. The van der Waals surface area contributed by atoms with Crippen molar-refractivity contribution in [3.05, 3.63) is 49.4 Å². The summed E-state index contributed by atoms with van der Waals surface area (Å²) in [5, 5.41) is -0.0595. The second-order valence-electron chi connectivity index (χ2n) is 3.82. The van der Waals surface area contributed by atoms with Crippen LogP contribution in [0, 0.1) is 13.8 Å². The van der Waals surface area contributed by atoms with E-state index in [0.717, 1.165) is 15.6 Å². The Morgan fingerprint density at radius 1 is 1.33 bits per heavy atom. The first-order valence-electron chi connectivity index (χ1n) is 5.17. The summed E-state index contributed by atoms with van der Waals surface area (Å²) in [5.41, 5.74) is 1.64. The Morgan fingerprint density at radius 3 is 2.56 bits per heavy atom. The quantitative estimate of drug-likeness (QED) is 0.916. The van der Waals surface area contributed by atoms with E-state index >= 15 is 0 Å². The predicted octanol–water partition coefficient (Wildman–Crippen LogP) is 3.59. The molecule has 0 fully saturated rings. The number of aryl methyl sites for hydroxylation is 2. The minimum atomic E-state index is -0.424. The Kier molecular flexibility index (Phi) is 3.73. The number of nitrogens with one attached hydrogen (secondary N) is 1. The summed E-state index contributed by atoms with van der Waals surface area (Å²) >= 11 is 9.29. The molecule has 0 bridgehead atoms. The summed E-state index contributed by atoms with van der Waals surface area (Å²) in [6.45, 7) is 3.91. The minimum absolute atomic E-state index is 0.0595. The van der Waals surface area contributed by atoms with Crippen LogP contribution in [0.25, 0.3) is 0 Å². The number of aromatic amines is 1. The molecule has 18 heavy (non-hydrogen) atoms. The van der Waals surface area contributed by atoms with E-state index in [1.165, 1.54) is 6.33 Å². The van der Waals surface area contributed by atoms with Gasteiger partial charge in [0.25, 0.3) is 5.56 Å². The molecule has 6 heteroatoms. The van der Waals surface area contributed by atoms with E-state index in [2.05, 4.69) is 25.9 Å². The number of benzene rings is 1. The lowest BCUT2D eigenvalue weighted by Gasteiger charge is -2.09. The minimum Gasteiger partial charge on any atom is -0.437 e. The number of H-pyrrole nitrogens is 1. The van der Waals surface area contributed by atoms with Crippen LogP contribution in [0.15, 0.2) is 27.7 Å². The van der Waals surface area contributed by atoms with Crippen molar-refractivity contribution in [2.24, 2.45) is 0 Å². The lowest BCUT2D eigenvalue weighted by molar-refractivity contribution is 0.460. The Bertz CT molecular complexity index is 632. The van der Waals surface area contributed by atoms with Crippen LogP contribution in [0.2, 0.25) is 5.02 Å². The van der Waals surface area contributed by atoms with Gasteiger partial charge >= 0.3 is 0 Å². The van der Waals surface area contributed by atoms with Crippen LogP contribution in [0.4, 0.5) is 0 Å². The van der Waals surface area contributed by atoms with Gasteiger partial charge < -0.3 is 9.72 Å². The van der Waals surface area contributed by atoms with E-state index in [1.54, 1.807) is 0 Å². The molecule has 94 valence electrons. The van der Waals surface area contributed by atoms with Gasteiger partial charge in [-0.15, -0.1) is 0 Å². The van der Waals surface area contributed by atoms with Crippen LogP contribution >= 0.6 is 27.5 Å². The van der Waals surface area contributed by atoms with Gasteiger partial charge in [-0.25, -0.2) is 4.98 Å². The molecule has 0 aliphatic heterocycles. The van der Waals surface area contributed by atoms with Crippen LogP contribution in [-0.4, -0.2) is 9.97 Å². The molecule has 4 nitrogen and oxygen atoms in total. The van der Waals surface area contributed by atoms with Gasteiger partial charge in [0.05, 0.1) is 6.33 Å². The number of hydrogen-bond acceptors (Lipinski definition) is 3. The summed E-state index contributed by atoms with van der Waals surface area (Å²) in [6.07, 6.45) is 1.25. The fourth-order valence-electron chi connectivity index (χ4n) is 1.51. The molecule has 0 unspecified atom stereocenters.